The minimum absolute atomic E-state index is 0.270. The molecule has 1 aromatic heterocycles. The van der Waals surface area contributed by atoms with Gasteiger partial charge in [-0.05, 0) is 42.5 Å². The van der Waals surface area contributed by atoms with Crippen molar-refractivity contribution in [3.63, 3.8) is 0 Å². The quantitative estimate of drug-likeness (QED) is 0.755. The first-order valence-electron chi connectivity index (χ1n) is 7.77. The summed E-state index contributed by atoms with van der Waals surface area (Å²) in [5.41, 5.74) is 5.82. The number of nitrogens with one attached hydrogen (secondary N) is 1. The van der Waals surface area contributed by atoms with E-state index in [1.165, 1.54) is 23.9 Å². The molecule has 6 nitrogen and oxygen atoms in total. The molecular formula is C18H15FN4O2S. The number of benzene rings is 2. The molecule has 3 aromatic rings. The Morgan fingerprint density at radius 1 is 0.962 bits per heavy atom. The van der Waals surface area contributed by atoms with Crippen LogP contribution >= 0.6 is 11.8 Å². The molecule has 1 N–H and O–H groups in total. The van der Waals surface area contributed by atoms with Crippen LogP contribution in [0.25, 0.3) is 17.1 Å². The average molecular weight is 370 g/mol. The van der Waals surface area contributed by atoms with Gasteiger partial charge >= 0.3 is 0 Å². The highest BCUT2D eigenvalue weighted by Crippen LogP contribution is 2.35. The third-order valence-corrected chi connectivity index (χ3v) is 4.77. The number of fused-ring (bicyclic) bond motifs is 1. The molecule has 2 aromatic carbocycles. The summed E-state index contributed by atoms with van der Waals surface area (Å²) in [4.78, 5) is 0. The highest BCUT2D eigenvalue weighted by atomic mass is 32.2. The SMILES string of the molecule is COc1ccc(-c2nnc3n2NC(c2ccc(F)cc2)=CS3)cc1OC. The van der Waals surface area contributed by atoms with Gasteiger partial charge in [0.1, 0.15) is 5.82 Å². The number of thioether (sulfide) groups is 1. The Morgan fingerprint density at radius 3 is 2.42 bits per heavy atom. The van der Waals surface area contributed by atoms with Gasteiger partial charge in [-0.15, -0.1) is 10.2 Å². The third kappa shape index (κ3) is 2.88. The van der Waals surface area contributed by atoms with Gasteiger partial charge in [-0.2, -0.15) is 0 Å². The molecule has 2 heterocycles. The van der Waals surface area contributed by atoms with Gasteiger partial charge in [0.15, 0.2) is 17.3 Å². The first-order valence-corrected chi connectivity index (χ1v) is 8.65. The molecule has 0 atom stereocenters. The molecule has 0 fully saturated rings. The summed E-state index contributed by atoms with van der Waals surface area (Å²) in [7, 11) is 3.18. The molecule has 1 aliphatic rings. The summed E-state index contributed by atoms with van der Waals surface area (Å²) in [6.45, 7) is 0. The fourth-order valence-electron chi connectivity index (χ4n) is 2.63. The summed E-state index contributed by atoms with van der Waals surface area (Å²) < 4.78 is 25.6. The molecule has 4 rings (SSSR count). The van der Waals surface area contributed by atoms with Gasteiger partial charge in [0.25, 0.3) is 0 Å². The Kier molecular flexibility index (Phi) is 4.26. The lowest BCUT2D eigenvalue weighted by atomic mass is 10.2. The zero-order chi connectivity index (χ0) is 18.1. The van der Waals surface area contributed by atoms with Gasteiger partial charge in [-0.3, -0.25) is 5.43 Å². The van der Waals surface area contributed by atoms with E-state index < -0.39 is 0 Å². The van der Waals surface area contributed by atoms with Gasteiger partial charge in [0, 0.05) is 16.5 Å². The second-order valence-corrected chi connectivity index (χ2v) is 6.32. The molecule has 1 aliphatic heterocycles. The monoisotopic (exact) mass is 370 g/mol. The molecule has 0 spiro atoms. The minimum atomic E-state index is -0.270. The lowest BCUT2D eigenvalue weighted by Crippen LogP contribution is -2.18. The second kappa shape index (κ2) is 6.72. The number of hydrogen-bond donors (Lipinski definition) is 1. The third-order valence-electron chi connectivity index (χ3n) is 3.94. The van der Waals surface area contributed by atoms with Gasteiger partial charge in [0.05, 0.1) is 19.9 Å². The van der Waals surface area contributed by atoms with Gasteiger partial charge in [-0.1, -0.05) is 11.8 Å². The smallest absolute Gasteiger partial charge is 0.214 e. The molecule has 8 heteroatoms. The van der Waals surface area contributed by atoms with Crippen LogP contribution in [0.4, 0.5) is 4.39 Å². The molecule has 132 valence electrons. The summed E-state index contributed by atoms with van der Waals surface area (Å²) in [5.74, 6) is 1.62. The van der Waals surface area contributed by atoms with E-state index in [0.29, 0.717) is 22.5 Å². The maximum absolute atomic E-state index is 13.2. The van der Waals surface area contributed by atoms with E-state index >= 15 is 0 Å². The van der Waals surface area contributed by atoms with E-state index in [-0.39, 0.29) is 5.82 Å². The number of ether oxygens (including phenoxy) is 2. The van der Waals surface area contributed by atoms with Crippen LogP contribution in [0, 0.1) is 5.82 Å². The zero-order valence-electron chi connectivity index (χ0n) is 14.1. The Labute approximate surface area is 153 Å². The fraction of sp³-hybridized carbons (Fsp3) is 0.111. The highest BCUT2D eigenvalue weighted by molar-refractivity contribution is 8.02. The van der Waals surface area contributed by atoms with Crippen molar-refractivity contribution >= 4 is 17.5 Å². The summed E-state index contributed by atoms with van der Waals surface area (Å²) in [5, 5.41) is 11.1. The largest absolute Gasteiger partial charge is 0.493 e. The van der Waals surface area contributed by atoms with Crippen LogP contribution in [0.5, 0.6) is 11.5 Å². The number of hydrogen-bond acceptors (Lipinski definition) is 6. The Morgan fingerprint density at radius 2 is 1.69 bits per heavy atom. The first-order chi connectivity index (χ1) is 12.7. The average Bonchev–Trinajstić information content (AvgIpc) is 3.11. The Hall–Kier alpha value is -3.00. The summed E-state index contributed by atoms with van der Waals surface area (Å²) >= 11 is 1.44. The highest BCUT2D eigenvalue weighted by Gasteiger charge is 2.20. The van der Waals surface area contributed by atoms with Crippen molar-refractivity contribution < 1.29 is 13.9 Å². The number of rotatable bonds is 4. The van der Waals surface area contributed by atoms with Crippen LogP contribution in [-0.4, -0.2) is 29.1 Å². The van der Waals surface area contributed by atoms with E-state index in [4.69, 9.17) is 9.47 Å². The number of methoxy groups -OCH3 is 2. The predicted molar refractivity (Wildman–Crippen MR) is 98.2 cm³/mol. The van der Waals surface area contributed by atoms with Crippen molar-refractivity contribution in [2.24, 2.45) is 0 Å². The fourth-order valence-corrected chi connectivity index (χ4v) is 3.37. The van der Waals surface area contributed by atoms with Crippen LogP contribution in [-0.2, 0) is 0 Å². The van der Waals surface area contributed by atoms with Crippen LogP contribution in [0.3, 0.4) is 0 Å². The number of nitrogens with zero attached hydrogens (tertiary/aromatic N) is 3. The predicted octanol–water partition coefficient (Wildman–Crippen LogP) is 3.75. The van der Waals surface area contributed by atoms with Gasteiger partial charge in [0.2, 0.25) is 5.16 Å². The molecule has 0 aliphatic carbocycles. The molecule has 26 heavy (non-hydrogen) atoms. The normalized spacial score (nSPS) is 12.8. The van der Waals surface area contributed by atoms with Crippen molar-refractivity contribution in [2.75, 3.05) is 19.6 Å². The maximum Gasteiger partial charge on any atom is 0.214 e. The second-order valence-electron chi connectivity index (χ2n) is 5.48. The molecule has 0 unspecified atom stereocenters. The van der Waals surface area contributed by atoms with Crippen molar-refractivity contribution in [2.45, 2.75) is 5.16 Å². The van der Waals surface area contributed by atoms with Crippen LogP contribution < -0.4 is 14.9 Å². The summed E-state index contributed by atoms with van der Waals surface area (Å²) in [6, 6.07) is 11.9. The van der Waals surface area contributed by atoms with Crippen LogP contribution in [0.15, 0.2) is 53.0 Å². The maximum atomic E-state index is 13.2. The van der Waals surface area contributed by atoms with E-state index in [0.717, 1.165) is 16.8 Å². The molecule has 0 saturated heterocycles. The Bertz CT molecular complexity index is 985. The van der Waals surface area contributed by atoms with Crippen molar-refractivity contribution in [3.8, 4) is 22.9 Å². The van der Waals surface area contributed by atoms with Gasteiger partial charge in [-0.25, -0.2) is 9.07 Å². The lowest BCUT2D eigenvalue weighted by Gasteiger charge is -2.19. The van der Waals surface area contributed by atoms with E-state index in [9.17, 15) is 4.39 Å². The molecule has 0 bridgehead atoms. The lowest BCUT2D eigenvalue weighted by molar-refractivity contribution is 0.355. The van der Waals surface area contributed by atoms with Crippen molar-refractivity contribution in [1.82, 2.24) is 14.9 Å². The first kappa shape index (κ1) is 16.5. The topological polar surface area (TPSA) is 61.2 Å². The zero-order valence-corrected chi connectivity index (χ0v) is 14.9. The summed E-state index contributed by atoms with van der Waals surface area (Å²) in [6.07, 6.45) is 0. The minimum Gasteiger partial charge on any atom is -0.493 e. The van der Waals surface area contributed by atoms with Crippen LogP contribution in [0.2, 0.25) is 0 Å². The molecule has 0 saturated carbocycles. The van der Waals surface area contributed by atoms with Crippen molar-refractivity contribution in [1.29, 1.82) is 0 Å². The molecule has 0 amide bonds. The molecule has 0 radical (unpaired) electrons. The standard InChI is InChI=1S/C18H15FN4O2S/c1-24-15-8-5-12(9-16(15)25-2)17-20-21-18-23(17)22-14(10-26-18)11-3-6-13(19)7-4-11/h3-10,22H,1-2H3. The van der Waals surface area contributed by atoms with E-state index in [2.05, 4.69) is 15.6 Å². The number of aromatic nitrogens is 3. The number of halogens is 1. The van der Waals surface area contributed by atoms with E-state index in [1.54, 1.807) is 31.0 Å². The van der Waals surface area contributed by atoms with Crippen molar-refractivity contribution in [3.05, 3.63) is 59.3 Å². The van der Waals surface area contributed by atoms with E-state index in [1.807, 2.05) is 23.6 Å². The van der Waals surface area contributed by atoms with Gasteiger partial charge < -0.3 is 9.47 Å². The Balaban J connectivity index is 1.69. The van der Waals surface area contributed by atoms with Crippen LogP contribution in [0.1, 0.15) is 5.56 Å². The molecular weight excluding hydrogens is 355 g/mol.